The summed E-state index contributed by atoms with van der Waals surface area (Å²) in [6, 6.07) is 1.43. The minimum absolute atomic E-state index is 0.188. The van der Waals surface area contributed by atoms with E-state index in [2.05, 4.69) is 10.3 Å². The normalized spacial score (nSPS) is 12.6. The van der Waals surface area contributed by atoms with E-state index in [1.54, 1.807) is 6.92 Å². The zero-order valence-corrected chi connectivity index (χ0v) is 8.99. The molecule has 0 bridgehead atoms. The standard InChI is InChI=1S/C8H10Cl2N2O2/c1-4(13)3-11-8(14)6-2-5(9)7(10)12-6/h2,4,12-13H,3H2,1H3,(H,11,14)/t4-/m0/s1. The first-order valence-electron chi connectivity index (χ1n) is 4.01. The molecule has 0 fully saturated rings. The lowest BCUT2D eigenvalue weighted by Crippen LogP contribution is -2.30. The molecule has 1 aromatic heterocycles. The van der Waals surface area contributed by atoms with Crippen molar-refractivity contribution in [2.45, 2.75) is 13.0 Å². The van der Waals surface area contributed by atoms with E-state index in [0.717, 1.165) is 0 Å². The van der Waals surface area contributed by atoms with Gasteiger partial charge in [-0.25, -0.2) is 0 Å². The van der Waals surface area contributed by atoms with Crippen molar-refractivity contribution in [3.63, 3.8) is 0 Å². The van der Waals surface area contributed by atoms with E-state index in [9.17, 15) is 4.79 Å². The molecule has 1 atom stereocenters. The Kier molecular flexibility index (Phi) is 3.80. The lowest BCUT2D eigenvalue weighted by molar-refractivity contribution is 0.0919. The van der Waals surface area contributed by atoms with Crippen LogP contribution in [0.1, 0.15) is 17.4 Å². The molecule has 1 aromatic rings. The van der Waals surface area contributed by atoms with Crippen molar-refractivity contribution in [1.82, 2.24) is 10.3 Å². The highest BCUT2D eigenvalue weighted by atomic mass is 35.5. The summed E-state index contributed by atoms with van der Waals surface area (Å²) in [4.78, 5) is 14.0. The molecule has 3 N–H and O–H groups in total. The molecule has 0 saturated heterocycles. The van der Waals surface area contributed by atoms with Gasteiger partial charge < -0.3 is 15.4 Å². The average Bonchev–Trinajstić information content (AvgIpc) is 2.43. The number of aromatic nitrogens is 1. The fourth-order valence-electron chi connectivity index (χ4n) is 0.862. The van der Waals surface area contributed by atoms with E-state index < -0.39 is 6.10 Å². The van der Waals surface area contributed by atoms with Crippen LogP contribution >= 0.6 is 23.2 Å². The van der Waals surface area contributed by atoms with Crippen LogP contribution in [0.5, 0.6) is 0 Å². The van der Waals surface area contributed by atoms with E-state index in [1.165, 1.54) is 6.07 Å². The van der Waals surface area contributed by atoms with Crippen LogP contribution in [0, 0.1) is 0 Å². The molecule has 14 heavy (non-hydrogen) atoms. The summed E-state index contributed by atoms with van der Waals surface area (Å²) >= 11 is 11.3. The lowest BCUT2D eigenvalue weighted by atomic mass is 10.3. The van der Waals surface area contributed by atoms with Crippen molar-refractivity contribution in [3.05, 3.63) is 21.9 Å². The molecule has 0 aromatic carbocycles. The minimum Gasteiger partial charge on any atom is -0.392 e. The molecular weight excluding hydrogens is 227 g/mol. The van der Waals surface area contributed by atoms with Crippen LogP contribution in [0.2, 0.25) is 10.2 Å². The van der Waals surface area contributed by atoms with Crippen molar-refractivity contribution in [2.75, 3.05) is 6.54 Å². The fraction of sp³-hybridized carbons (Fsp3) is 0.375. The van der Waals surface area contributed by atoms with Gasteiger partial charge in [-0.05, 0) is 13.0 Å². The van der Waals surface area contributed by atoms with Gasteiger partial charge in [-0.3, -0.25) is 4.79 Å². The summed E-state index contributed by atoms with van der Waals surface area (Å²) in [5.41, 5.74) is 0.278. The number of nitrogens with one attached hydrogen (secondary N) is 2. The minimum atomic E-state index is -0.583. The second kappa shape index (κ2) is 4.68. The van der Waals surface area contributed by atoms with E-state index in [1.807, 2.05) is 0 Å². The Hall–Kier alpha value is -0.710. The van der Waals surface area contributed by atoms with Crippen molar-refractivity contribution >= 4 is 29.1 Å². The number of amides is 1. The first kappa shape index (κ1) is 11.4. The van der Waals surface area contributed by atoms with E-state index >= 15 is 0 Å². The molecule has 0 aliphatic carbocycles. The number of carbonyl (C=O) groups excluding carboxylic acids is 1. The molecule has 1 rings (SSSR count). The first-order chi connectivity index (χ1) is 6.50. The predicted octanol–water partition coefficient (Wildman–Crippen LogP) is 1.43. The molecule has 0 saturated carbocycles. The third-order valence-corrected chi connectivity index (χ3v) is 2.22. The number of H-pyrrole nitrogens is 1. The van der Waals surface area contributed by atoms with Crippen molar-refractivity contribution in [3.8, 4) is 0 Å². The Morgan fingerprint density at radius 1 is 1.71 bits per heavy atom. The Labute approximate surface area is 91.2 Å². The number of aromatic amines is 1. The zero-order valence-electron chi connectivity index (χ0n) is 7.47. The number of carbonyl (C=O) groups is 1. The summed E-state index contributed by atoms with van der Waals surface area (Å²) in [7, 11) is 0. The largest absolute Gasteiger partial charge is 0.392 e. The Bertz CT molecular complexity index is 317. The van der Waals surface area contributed by atoms with Gasteiger partial charge in [-0.2, -0.15) is 0 Å². The zero-order chi connectivity index (χ0) is 10.7. The third kappa shape index (κ3) is 2.90. The van der Waals surface area contributed by atoms with Gasteiger partial charge in [0.1, 0.15) is 10.8 Å². The van der Waals surface area contributed by atoms with Gasteiger partial charge in [0.25, 0.3) is 5.91 Å². The Balaban J connectivity index is 2.61. The fourth-order valence-corrected chi connectivity index (χ4v) is 1.17. The Morgan fingerprint density at radius 2 is 2.36 bits per heavy atom. The van der Waals surface area contributed by atoms with Crippen LogP contribution in [0.25, 0.3) is 0 Å². The summed E-state index contributed by atoms with van der Waals surface area (Å²) in [6.07, 6.45) is -0.583. The number of hydrogen-bond donors (Lipinski definition) is 3. The highest BCUT2D eigenvalue weighted by Crippen LogP contribution is 2.21. The number of hydrogen-bond acceptors (Lipinski definition) is 2. The maximum absolute atomic E-state index is 11.3. The van der Waals surface area contributed by atoms with Crippen LogP contribution in [-0.2, 0) is 0 Å². The molecule has 4 nitrogen and oxygen atoms in total. The lowest BCUT2D eigenvalue weighted by Gasteiger charge is -2.04. The van der Waals surface area contributed by atoms with E-state index in [4.69, 9.17) is 28.3 Å². The monoisotopic (exact) mass is 236 g/mol. The van der Waals surface area contributed by atoms with Crippen LogP contribution in [0.3, 0.4) is 0 Å². The highest BCUT2D eigenvalue weighted by Gasteiger charge is 2.11. The topological polar surface area (TPSA) is 65.1 Å². The van der Waals surface area contributed by atoms with Crippen LogP contribution in [0.4, 0.5) is 0 Å². The maximum Gasteiger partial charge on any atom is 0.267 e. The quantitative estimate of drug-likeness (QED) is 0.744. The number of aliphatic hydroxyl groups excluding tert-OH is 1. The summed E-state index contributed by atoms with van der Waals surface area (Å²) in [5.74, 6) is -0.347. The van der Waals surface area contributed by atoms with Gasteiger partial charge in [-0.15, -0.1) is 0 Å². The molecule has 0 spiro atoms. The molecule has 0 unspecified atom stereocenters. The molecule has 1 amide bonds. The molecule has 0 aliphatic heterocycles. The number of halogens is 2. The SMILES string of the molecule is C[C@H](O)CNC(=O)c1cc(Cl)c(Cl)[nH]1. The molecule has 78 valence electrons. The average molecular weight is 237 g/mol. The van der Waals surface area contributed by atoms with Crippen LogP contribution in [0.15, 0.2) is 6.07 Å². The van der Waals surface area contributed by atoms with E-state index in [0.29, 0.717) is 5.02 Å². The number of rotatable bonds is 3. The molecule has 6 heteroatoms. The maximum atomic E-state index is 11.3. The van der Waals surface area contributed by atoms with Gasteiger partial charge in [0, 0.05) is 6.54 Å². The second-order valence-electron chi connectivity index (χ2n) is 2.90. The summed E-state index contributed by atoms with van der Waals surface area (Å²) < 4.78 is 0. The molecule has 0 aliphatic rings. The van der Waals surface area contributed by atoms with E-state index in [-0.39, 0.29) is 23.3 Å². The predicted molar refractivity (Wildman–Crippen MR) is 54.8 cm³/mol. The number of aliphatic hydroxyl groups is 1. The summed E-state index contributed by atoms with van der Waals surface area (Å²) in [5, 5.41) is 12.0. The van der Waals surface area contributed by atoms with Crippen molar-refractivity contribution in [2.24, 2.45) is 0 Å². The van der Waals surface area contributed by atoms with Gasteiger partial charge in [0.15, 0.2) is 0 Å². The van der Waals surface area contributed by atoms with Gasteiger partial charge in [-0.1, -0.05) is 23.2 Å². The molecular formula is C8H10Cl2N2O2. The summed E-state index contributed by atoms with van der Waals surface area (Å²) in [6.45, 7) is 1.77. The third-order valence-electron chi connectivity index (χ3n) is 1.53. The molecule has 0 radical (unpaired) electrons. The van der Waals surface area contributed by atoms with Gasteiger partial charge in [0.05, 0.1) is 11.1 Å². The van der Waals surface area contributed by atoms with Crippen LogP contribution in [-0.4, -0.2) is 28.6 Å². The highest BCUT2D eigenvalue weighted by molar-refractivity contribution is 6.41. The second-order valence-corrected chi connectivity index (χ2v) is 3.69. The molecule has 1 heterocycles. The van der Waals surface area contributed by atoms with Crippen molar-refractivity contribution < 1.29 is 9.90 Å². The van der Waals surface area contributed by atoms with Gasteiger partial charge >= 0.3 is 0 Å². The van der Waals surface area contributed by atoms with Gasteiger partial charge in [0.2, 0.25) is 0 Å². The van der Waals surface area contributed by atoms with Crippen molar-refractivity contribution in [1.29, 1.82) is 0 Å². The van der Waals surface area contributed by atoms with Crippen LogP contribution < -0.4 is 5.32 Å². The smallest absolute Gasteiger partial charge is 0.267 e. The Morgan fingerprint density at radius 3 is 2.79 bits per heavy atom. The first-order valence-corrected chi connectivity index (χ1v) is 4.76.